The lowest BCUT2D eigenvalue weighted by Gasteiger charge is -2.29. The second-order valence-electron chi connectivity index (χ2n) is 11.4. The van der Waals surface area contributed by atoms with Crippen LogP contribution in [0.4, 0.5) is 0 Å². The Balaban J connectivity index is 1.16. The Labute approximate surface area is 247 Å². The minimum Gasteiger partial charge on any atom is -0.493 e. The first-order chi connectivity index (χ1) is 20.6. The number of benzene rings is 2. The summed E-state index contributed by atoms with van der Waals surface area (Å²) >= 11 is 0. The van der Waals surface area contributed by atoms with Crippen LogP contribution >= 0.6 is 0 Å². The first kappa shape index (κ1) is 27.8. The summed E-state index contributed by atoms with van der Waals surface area (Å²) in [6.45, 7) is 3.68. The lowest BCUT2D eigenvalue weighted by Crippen LogP contribution is -2.34. The molecule has 4 aromatic rings. The van der Waals surface area contributed by atoms with Gasteiger partial charge >= 0.3 is 0 Å². The number of hydrogen-bond donors (Lipinski definition) is 1. The molecule has 1 saturated heterocycles. The summed E-state index contributed by atoms with van der Waals surface area (Å²) in [5.41, 5.74) is 5.38. The Kier molecular flexibility index (Phi) is 8.66. The fourth-order valence-electron chi connectivity index (χ4n) is 5.87. The first-order valence-corrected chi connectivity index (χ1v) is 14.8. The predicted molar refractivity (Wildman–Crippen MR) is 170 cm³/mol. The van der Waals surface area contributed by atoms with Crippen LogP contribution in [0.25, 0.3) is 22.2 Å². The molecule has 6 rings (SSSR count). The topological polar surface area (TPSA) is 82.9 Å². The van der Waals surface area contributed by atoms with Crippen LogP contribution in [0, 0.1) is 11.8 Å². The number of pyridine rings is 1. The molecule has 2 unspecified atom stereocenters. The number of carbonyl (C=O) groups excluding carboxylic acids is 1. The second-order valence-corrected chi connectivity index (χ2v) is 11.4. The number of aliphatic imine (C=N–C) groups is 2. The molecule has 2 atom stereocenters. The van der Waals surface area contributed by atoms with Gasteiger partial charge in [0, 0.05) is 60.3 Å². The number of nitrogens with zero attached hydrogens (tertiary/aromatic N) is 4. The van der Waals surface area contributed by atoms with Gasteiger partial charge in [0.25, 0.3) is 5.91 Å². The third-order valence-electron chi connectivity index (χ3n) is 8.12. The van der Waals surface area contributed by atoms with E-state index in [-0.39, 0.29) is 11.8 Å². The van der Waals surface area contributed by atoms with Crippen molar-refractivity contribution in [2.45, 2.75) is 25.7 Å². The van der Waals surface area contributed by atoms with E-state index in [1.807, 2.05) is 48.8 Å². The number of piperidine rings is 1. The van der Waals surface area contributed by atoms with Crippen LogP contribution in [-0.2, 0) is 11.2 Å². The van der Waals surface area contributed by atoms with E-state index in [1.54, 1.807) is 12.4 Å². The zero-order valence-corrected chi connectivity index (χ0v) is 24.1. The van der Waals surface area contributed by atoms with Gasteiger partial charge in [-0.15, -0.1) is 0 Å². The van der Waals surface area contributed by atoms with Crippen molar-refractivity contribution in [3.63, 3.8) is 0 Å². The average Bonchev–Trinajstić information content (AvgIpc) is 3.28. The third kappa shape index (κ3) is 6.92. The van der Waals surface area contributed by atoms with Gasteiger partial charge in [-0.1, -0.05) is 48.5 Å². The molecule has 2 aliphatic rings. The van der Waals surface area contributed by atoms with E-state index in [0.29, 0.717) is 18.0 Å². The van der Waals surface area contributed by atoms with E-state index in [2.05, 4.69) is 62.2 Å². The Morgan fingerprint density at radius 2 is 2.02 bits per heavy atom. The molecule has 1 amide bonds. The Hall–Kier alpha value is -4.36. The summed E-state index contributed by atoms with van der Waals surface area (Å²) in [6, 6.07) is 20.6. The number of aromatic nitrogens is 2. The maximum atomic E-state index is 13.1. The summed E-state index contributed by atoms with van der Waals surface area (Å²) in [7, 11) is 2.18. The van der Waals surface area contributed by atoms with Crippen LogP contribution in [0.1, 0.15) is 30.4 Å². The van der Waals surface area contributed by atoms with Gasteiger partial charge in [-0.2, -0.15) is 0 Å². The van der Waals surface area contributed by atoms with Gasteiger partial charge in [0.05, 0.1) is 12.2 Å². The van der Waals surface area contributed by atoms with E-state index < -0.39 is 0 Å². The number of H-pyrrole nitrogens is 1. The fraction of sp³-hybridized carbons (Fsp3) is 0.314. The molecular formula is C35H37N5O2. The molecule has 1 N–H and O–H groups in total. The number of hydrogen-bond acceptors (Lipinski definition) is 5. The predicted octanol–water partition coefficient (Wildman–Crippen LogP) is 6.16. The maximum absolute atomic E-state index is 13.1. The van der Waals surface area contributed by atoms with Crippen molar-refractivity contribution in [2.75, 3.05) is 33.3 Å². The highest BCUT2D eigenvalue weighted by Crippen LogP contribution is 2.28. The molecule has 1 fully saturated rings. The first-order valence-electron chi connectivity index (χ1n) is 14.8. The molecule has 2 aromatic carbocycles. The lowest BCUT2D eigenvalue weighted by molar-refractivity contribution is -0.113. The Morgan fingerprint density at radius 1 is 1.12 bits per heavy atom. The number of amides is 1. The number of allylic oxidation sites excluding steroid dienone is 1. The van der Waals surface area contributed by atoms with Crippen molar-refractivity contribution in [2.24, 2.45) is 21.8 Å². The normalized spacial score (nSPS) is 19.6. The second kappa shape index (κ2) is 13.1. The number of aromatic amines is 1. The van der Waals surface area contributed by atoms with Crippen LogP contribution in [0.5, 0.6) is 5.75 Å². The molecule has 7 nitrogen and oxygen atoms in total. The average molecular weight is 560 g/mol. The summed E-state index contributed by atoms with van der Waals surface area (Å²) in [5.74, 6) is 1.38. The van der Waals surface area contributed by atoms with E-state index in [0.717, 1.165) is 59.5 Å². The van der Waals surface area contributed by atoms with Gasteiger partial charge in [-0.25, -0.2) is 9.98 Å². The number of nitrogens with one attached hydrogen (secondary N) is 1. The van der Waals surface area contributed by atoms with Crippen LogP contribution in [0.2, 0.25) is 0 Å². The quantitative estimate of drug-likeness (QED) is 0.262. The number of ether oxygens (including phenoxy) is 1. The smallest absolute Gasteiger partial charge is 0.278 e. The van der Waals surface area contributed by atoms with Gasteiger partial charge in [-0.05, 0) is 74.5 Å². The van der Waals surface area contributed by atoms with Crippen LogP contribution in [-0.4, -0.2) is 66.5 Å². The van der Waals surface area contributed by atoms with E-state index in [9.17, 15) is 4.79 Å². The molecule has 214 valence electrons. The SMILES string of the molecule is CN1CCCC(COc2cccc(-c3cnc4[nH]cc(C=NC(=O)C5=CC(Cc6ccccc6)CCN=C5)c4c3)c2)C1. The van der Waals surface area contributed by atoms with Crippen LogP contribution in [0.3, 0.4) is 0 Å². The largest absolute Gasteiger partial charge is 0.493 e. The summed E-state index contributed by atoms with van der Waals surface area (Å²) < 4.78 is 6.20. The molecule has 2 aromatic heterocycles. The summed E-state index contributed by atoms with van der Waals surface area (Å²) in [6.07, 6.45) is 13.2. The van der Waals surface area contributed by atoms with E-state index in [4.69, 9.17) is 4.74 Å². The van der Waals surface area contributed by atoms with E-state index >= 15 is 0 Å². The van der Waals surface area contributed by atoms with E-state index in [1.165, 1.54) is 24.9 Å². The molecule has 0 spiro atoms. The minimum atomic E-state index is -0.286. The van der Waals surface area contributed by atoms with Gasteiger partial charge < -0.3 is 14.6 Å². The molecule has 42 heavy (non-hydrogen) atoms. The molecule has 0 bridgehead atoms. The number of rotatable bonds is 8. The highest BCUT2D eigenvalue weighted by Gasteiger charge is 2.18. The molecule has 0 radical (unpaired) electrons. The molecule has 2 aliphatic heterocycles. The number of fused-ring (bicyclic) bond motifs is 1. The molecule has 4 heterocycles. The van der Waals surface area contributed by atoms with Gasteiger partial charge in [0.1, 0.15) is 11.4 Å². The van der Waals surface area contributed by atoms with Crippen molar-refractivity contribution < 1.29 is 9.53 Å². The van der Waals surface area contributed by atoms with Crippen molar-refractivity contribution in [1.82, 2.24) is 14.9 Å². The highest BCUT2D eigenvalue weighted by atomic mass is 16.5. The fourth-order valence-corrected chi connectivity index (χ4v) is 5.87. The molecule has 0 aliphatic carbocycles. The molecule has 7 heteroatoms. The third-order valence-corrected chi connectivity index (χ3v) is 8.12. The van der Waals surface area contributed by atoms with Crippen molar-refractivity contribution in [1.29, 1.82) is 0 Å². The zero-order chi connectivity index (χ0) is 28.7. The van der Waals surface area contributed by atoms with Crippen molar-refractivity contribution >= 4 is 29.4 Å². The molecular weight excluding hydrogens is 522 g/mol. The minimum absolute atomic E-state index is 0.243. The highest BCUT2D eigenvalue weighted by molar-refractivity contribution is 6.16. The summed E-state index contributed by atoms with van der Waals surface area (Å²) in [5, 5.41) is 0.908. The van der Waals surface area contributed by atoms with Crippen molar-refractivity contribution in [3.8, 4) is 16.9 Å². The Morgan fingerprint density at radius 3 is 2.90 bits per heavy atom. The zero-order valence-electron chi connectivity index (χ0n) is 24.1. The standard InChI is InChI=1S/C35H37N5O2/c1-40-14-6-9-27(23-40)24-42-32-11-5-10-28(17-32)29-18-33-31(21-38-34(33)37-20-29)22-39-35(41)30-16-26(12-13-36-19-30)15-25-7-3-2-4-8-25/h2-5,7-8,10-11,16-22,26-27H,6,9,12-15,23-24H2,1H3,(H,37,38). The van der Waals surface area contributed by atoms with Crippen molar-refractivity contribution in [3.05, 3.63) is 95.8 Å². The summed E-state index contributed by atoms with van der Waals surface area (Å²) in [4.78, 5) is 32.1. The monoisotopic (exact) mass is 559 g/mol. The van der Waals surface area contributed by atoms with Crippen LogP contribution < -0.4 is 4.74 Å². The Bertz CT molecular complexity index is 1620. The van der Waals surface area contributed by atoms with Crippen LogP contribution in [0.15, 0.2) is 94.7 Å². The number of carbonyl (C=O) groups is 1. The maximum Gasteiger partial charge on any atom is 0.278 e. The molecule has 0 saturated carbocycles. The van der Waals surface area contributed by atoms with Gasteiger partial charge in [0.2, 0.25) is 0 Å². The van der Waals surface area contributed by atoms with Gasteiger partial charge in [0.15, 0.2) is 0 Å². The number of likely N-dealkylation sites (tertiary alicyclic amines) is 1. The van der Waals surface area contributed by atoms with Gasteiger partial charge in [-0.3, -0.25) is 9.79 Å². The lowest BCUT2D eigenvalue weighted by atomic mass is 9.94.